The van der Waals surface area contributed by atoms with Gasteiger partial charge >= 0.3 is 5.16 Å². The lowest BCUT2D eigenvalue weighted by molar-refractivity contribution is -0.734. The van der Waals surface area contributed by atoms with E-state index in [0.29, 0.717) is 6.61 Å². The second-order valence-corrected chi connectivity index (χ2v) is 7.94. The van der Waals surface area contributed by atoms with Gasteiger partial charge in [-0.25, -0.2) is 4.57 Å². The Morgan fingerprint density at radius 1 is 1.12 bits per heavy atom. The van der Waals surface area contributed by atoms with Crippen molar-refractivity contribution >= 4 is 27.7 Å². The Balaban J connectivity index is 0.00000196. The van der Waals surface area contributed by atoms with Crippen LogP contribution in [0.4, 0.5) is 0 Å². The van der Waals surface area contributed by atoms with E-state index < -0.39 is 0 Å². The molecule has 136 valence electrons. The molecule has 0 saturated carbocycles. The molecule has 0 bridgehead atoms. The minimum Gasteiger partial charge on any atom is -1.00 e. The summed E-state index contributed by atoms with van der Waals surface area (Å²) in [5.41, 5.74) is 3.61. The third-order valence-corrected chi connectivity index (χ3v) is 5.97. The lowest BCUT2D eigenvalue weighted by Gasteiger charge is -2.09. The molecule has 0 fully saturated rings. The Kier molecular flexibility index (Phi) is 6.48. The van der Waals surface area contributed by atoms with Gasteiger partial charge in [0.1, 0.15) is 17.6 Å². The van der Waals surface area contributed by atoms with Crippen molar-refractivity contribution in [2.75, 3.05) is 12.4 Å². The first-order valence-electron chi connectivity index (χ1n) is 8.53. The van der Waals surface area contributed by atoms with E-state index in [0.717, 1.165) is 16.8 Å². The van der Waals surface area contributed by atoms with E-state index >= 15 is 0 Å². The average Bonchev–Trinajstić information content (AvgIpc) is 3.03. The number of fused-ring (bicyclic) bond motifs is 1. The first-order valence-corrected chi connectivity index (χ1v) is 10.3. The number of aryl methyl sites for hydroxylation is 1. The lowest BCUT2D eigenvalue weighted by atomic mass is 10.1. The first-order chi connectivity index (χ1) is 12.3. The van der Waals surface area contributed by atoms with Gasteiger partial charge < -0.3 is 21.7 Å². The van der Waals surface area contributed by atoms with Gasteiger partial charge in [-0.15, -0.1) is 0 Å². The van der Waals surface area contributed by atoms with Crippen molar-refractivity contribution in [3.05, 3.63) is 59.2 Å². The topological polar surface area (TPSA) is 18.0 Å². The predicted octanol–water partition coefficient (Wildman–Crippen LogP) is 2.09. The number of hydrogen-bond acceptors (Lipinski definition) is 2. The molecule has 0 saturated heterocycles. The van der Waals surface area contributed by atoms with Crippen LogP contribution in [0.1, 0.15) is 13.3 Å². The highest BCUT2D eigenvalue weighted by molar-refractivity contribution is 9.10. The van der Waals surface area contributed by atoms with Crippen molar-refractivity contribution in [3.63, 3.8) is 0 Å². The summed E-state index contributed by atoms with van der Waals surface area (Å²) in [6.45, 7) is 3.78. The maximum atomic E-state index is 5.58. The van der Waals surface area contributed by atoms with E-state index in [1.54, 1.807) is 0 Å². The molecule has 1 aliphatic rings. The summed E-state index contributed by atoms with van der Waals surface area (Å²) in [5.74, 6) is 2.09. The molecule has 0 N–H and O–H groups in total. The van der Waals surface area contributed by atoms with Crippen LogP contribution in [0.3, 0.4) is 0 Å². The molecule has 1 aromatic heterocycles. The third-order valence-electron chi connectivity index (χ3n) is 4.28. The highest BCUT2D eigenvalue weighted by atomic mass is 79.9. The predicted molar refractivity (Wildman–Crippen MR) is 106 cm³/mol. The van der Waals surface area contributed by atoms with Gasteiger partial charge in [-0.1, -0.05) is 15.9 Å². The summed E-state index contributed by atoms with van der Waals surface area (Å²) in [7, 11) is 0. The van der Waals surface area contributed by atoms with E-state index in [1.165, 1.54) is 34.3 Å². The van der Waals surface area contributed by atoms with Crippen LogP contribution in [-0.4, -0.2) is 16.9 Å². The number of halogens is 2. The van der Waals surface area contributed by atoms with Gasteiger partial charge in [-0.3, -0.25) is 0 Å². The van der Waals surface area contributed by atoms with E-state index in [4.69, 9.17) is 4.74 Å². The zero-order valence-electron chi connectivity index (χ0n) is 14.5. The van der Waals surface area contributed by atoms with Gasteiger partial charge in [0.05, 0.1) is 13.2 Å². The average molecular weight is 496 g/mol. The van der Waals surface area contributed by atoms with Crippen LogP contribution < -0.4 is 26.3 Å². The van der Waals surface area contributed by atoms with Crippen molar-refractivity contribution in [3.8, 4) is 22.7 Å². The fourth-order valence-electron chi connectivity index (χ4n) is 3.13. The van der Waals surface area contributed by atoms with Crippen LogP contribution >= 0.6 is 27.7 Å². The molecule has 0 amide bonds. The second kappa shape index (κ2) is 8.63. The van der Waals surface area contributed by atoms with Gasteiger partial charge in [0.25, 0.3) is 0 Å². The van der Waals surface area contributed by atoms with Gasteiger partial charge in [-0.05, 0) is 73.6 Å². The van der Waals surface area contributed by atoms with E-state index in [9.17, 15) is 0 Å². The van der Waals surface area contributed by atoms with Crippen molar-refractivity contribution in [2.45, 2.75) is 25.0 Å². The van der Waals surface area contributed by atoms with Crippen molar-refractivity contribution < 1.29 is 26.3 Å². The van der Waals surface area contributed by atoms with Crippen LogP contribution in [0.15, 0.2) is 64.4 Å². The van der Waals surface area contributed by atoms with Crippen molar-refractivity contribution in [2.24, 2.45) is 0 Å². The molecule has 6 heteroatoms. The molecule has 3 nitrogen and oxygen atoms in total. The zero-order valence-corrected chi connectivity index (χ0v) is 18.5. The van der Waals surface area contributed by atoms with Crippen molar-refractivity contribution in [1.29, 1.82) is 0 Å². The molecule has 26 heavy (non-hydrogen) atoms. The number of nitrogens with zero attached hydrogens (tertiary/aromatic N) is 2. The summed E-state index contributed by atoms with van der Waals surface area (Å²) in [6, 6.07) is 16.9. The van der Waals surface area contributed by atoms with Crippen LogP contribution in [-0.2, 0) is 6.54 Å². The molecule has 0 spiro atoms. The Hall–Kier alpha value is -1.24. The normalized spacial score (nSPS) is 13.0. The standard InChI is InChI=1S/C20H20BrN2OS.BrH/c1-2-24-18-10-4-15(5-11-18)19-14-22-12-3-13-25-20(22)23(19)17-8-6-16(21)7-9-17;/h4-11,14H,2-3,12-13H2,1H3;1H/q+1;/p-1. The molecule has 3 aromatic rings. The van der Waals surface area contributed by atoms with Gasteiger partial charge in [-0.2, -0.15) is 4.57 Å². The van der Waals surface area contributed by atoms with E-state index in [2.05, 4.69) is 79.8 Å². The minimum absolute atomic E-state index is 0. The number of imidazole rings is 1. The number of rotatable bonds is 4. The molecule has 0 unspecified atom stereocenters. The van der Waals surface area contributed by atoms with Crippen LogP contribution in [0, 0.1) is 0 Å². The molecule has 2 heterocycles. The monoisotopic (exact) mass is 494 g/mol. The molecular formula is C20H20Br2N2OS. The van der Waals surface area contributed by atoms with E-state index in [1.807, 2.05) is 18.7 Å². The number of thioether (sulfide) groups is 1. The fourth-order valence-corrected chi connectivity index (χ4v) is 4.49. The molecule has 0 atom stereocenters. The highest BCUT2D eigenvalue weighted by Crippen LogP contribution is 2.32. The maximum absolute atomic E-state index is 5.58. The minimum atomic E-state index is 0. The van der Waals surface area contributed by atoms with Gasteiger partial charge in [0.2, 0.25) is 0 Å². The largest absolute Gasteiger partial charge is 1.00 e. The van der Waals surface area contributed by atoms with Crippen LogP contribution in [0.2, 0.25) is 0 Å². The van der Waals surface area contributed by atoms with Gasteiger partial charge in [0, 0.05) is 15.8 Å². The first kappa shape index (κ1) is 19.5. The Labute approximate surface area is 177 Å². The molecule has 1 aliphatic heterocycles. The quantitative estimate of drug-likeness (QED) is 0.516. The number of hydrogen-bond donors (Lipinski definition) is 0. The van der Waals surface area contributed by atoms with Crippen LogP contribution in [0.25, 0.3) is 16.9 Å². The van der Waals surface area contributed by atoms with Crippen LogP contribution in [0.5, 0.6) is 5.75 Å². The molecule has 0 radical (unpaired) electrons. The second-order valence-electron chi connectivity index (χ2n) is 5.96. The fraction of sp³-hybridized carbons (Fsp3) is 0.250. The summed E-state index contributed by atoms with van der Waals surface area (Å²) in [5, 5.41) is 1.30. The number of benzene rings is 2. The molecule has 4 rings (SSSR count). The molecular weight excluding hydrogens is 476 g/mol. The summed E-state index contributed by atoms with van der Waals surface area (Å²) < 4.78 is 11.4. The third kappa shape index (κ3) is 3.87. The highest BCUT2D eigenvalue weighted by Gasteiger charge is 2.28. The smallest absolute Gasteiger partial charge is 0.323 e. The number of ether oxygens (including phenoxy) is 1. The zero-order chi connectivity index (χ0) is 17.2. The van der Waals surface area contributed by atoms with Crippen molar-refractivity contribution in [1.82, 2.24) is 4.57 Å². The summed E-state index contributed by atoms with van der Waals surface area (Å²) >= 11 is 5.47. The van der Waals surface area contributed by atoms with E-state index in [-0.39, 0.29) is 17.0 Å². The lowest BCUT2D eigenvalue weighted by Crippen LogP contribution is -3.00. The summed E-state index contributed by atoms with van der Waals surface area (Å²) in [4.78, 5) is 0. The SMILES string of the molecule is CCOc1ccc(-c2c[n+]3c(n2-c2ccc(Br)cc2)SCCC3)cc1.[Br-]. The summed E-state index contributed by atoms with van der Waals surface area (Å²) in [6.07, 6.45) is 3.49. The maximum Gasteiger partial charge on any atom is 0.323 e. The van der Waals surface area contributed by atoms with Gasteiger partial charge in [0.15, 0.2) is 5.69 Å². The Bertz CT molecular complexity index is 876. The Morgan fingerprint density at radius 3 is 2.54 bits per heavy atom. The Morgan fingerprint density at radius 2 is 1.85 bits per heavy atom. The molecule has 0 aliphatic carbocycles. The molecule has 2 aromatic carbocycles. The number of aromatic nitrogens is 2.